The number of hydrogen-bond donors (Lipinski definition) is 0. The zero-order valence-corrected chi connectivity index (χ0v) is 62.1. The first-order chi connectivity index (χ1) is 45.6. The van der Waals surface area contributed by atoms with Crippen molar-refractivity contribution in [1.29, 1.82) is 0 Å². The number of unbranched alkanes of at least 4 members (excludes halogenated alkanes) is 48. The predicted molar refractivity (Wildman–Crippen MR) is 398 cm³/mol. The molecule has 0 heterocycles. The number of rotatable bonds is 75. The standard InChI is InChI=1S/C84H153NO8/c1-6-8-10-12-14-16-18-20-22-24-26-28-30-32-34-35-36-37-38-39-40-41-42-43-44-45-46-47-49-50-52-54-56-58-60-62-64-66-68-70-72-74-81(86)91-78-80(79-92-84(83(88)89)90-77-76-85(3,4)5)93-82(87)75-73-71-69-67-65-63-61-59-57-55-53-51-48-33-31-29-27-25-23-21-19-17-15-13-11-9-7-2/h9,11,15,17,21,23,27,29,33,48,53,55,80,84H,6-8,10,12-14,16,18-20,22,24-26,28,30-32,34-47,49-52,54,56-79H2,1-5H3/b11-9-,17-15-,23-21-,29-27-,48-33-,55-53-. The van der Waals surface area contributed by atoms with Gasteiger partial charge in [0.1, 0.15) is 13.2 Å². The van der Waals surface area contributed by atoms with Gasteiger partial charge in [-0.2, -0.15) is 0 Å². The number of quaternary nitrogens is 1. The average Bonchev–Trinajstić information content (AvgIpc) is 3.38. The number of aliphatic carboxylic acids is 1. The van der Waals surface area contributed by atoms with Crippen LogP contribution in [-0.2, 0) is 33.3 Å². The first-order valence-corrected chi connectivity index (χ1v) is 40.1. The lowest BCUT2D eigenvalue weighted by atomic mass is 10.0. The molecule has 0 saturated carbocycles. The van der Waals surface area contributed by atoms with Crippen molar-refractivity contribution in [2.24, 2.45) is 0 Å². The topological polar surface area (TPSA) is 111 Å². The van der Waals surface area contributed by atoms with E-state index in [9.17, 15) is 19.5 Å². The number of carboxylic acid groups (broad SMARTS) is 1. The number of esters is 2. The molecule has 9 heteroatoms. The highest BCUT2D eigenvalue weighted by Crippen LogP contribution is 2.20. The van der Waals surface area contributed by atoms with E-state index in [-0.39, 0.29) is 32.2 Å². The first kappa shape index (κ1) is 89.7. The second kappa shape index (κ2) is 74.5. The predicted octanol–water partition coefficient (Wildman–Crippen LogP) is 24.3. The highest BCUT2D eigenvalue weighted by Gasteiger charge is 2.22. The van der Waals surface area contributed by atoms with Crippen LogP contribution in [0.15, 0.2) is 72.9 Å². The summed E-state index contributed by atoms with van der Waals surface area (Å²) >= 11 is 0. The lowest BCUT2D eigenvalue weighted by molar-refractivity contribution is -0.870. The monoisotopic (exact) mass is 1300 g/mol. The Morgan fingerprint density at radius 2 is 0.613 bits per heavy atom. The van der Waals surface area contributed by atoms with Crippen molar-refractivity contribution in [2.75, 3.05) is 47.5 Å². The van der Waals surface area contributed by atoms with Gasteiger partial charge in [0, 0.05) is 12.8 Å². The third kappa shape index (κ3) is 76.0. The molecule has 0 aliphatic carbocycles. The molecule has 0 bridgehead atoms. The smallest absolute Gasteiger partial charge is 0.306 e. The van der Waals surface area contributed by atoms with Crippen LogP contribution >= 0.6 is 0 Å². The lowest BCUT2D eigenvalue weighted by Crippen LogP contribution is -2.44. The zero-order chi connectivity index (χ0) is 67.5. The number of allylic oxidation sites excluding steroid dienone is 12. The van der Waals surface area contributed by atoms with Crippen molar-refractivity contribution < 1.29 is 42.9 Å². The van der Waals surface area contributed by atoms with E-state index in [4.69, 9.17) is 18.9 Å². The molecule has 0 aromatic carbocycles. The van der Waals surface area contributed by atoms with E-state index >= 15 is 0 Å². The Morgan fingerprint density at radius 1 is 0.333 bits per heavy atom. The maximum Gasteiger partial charge on any atom is 0.306 e. The summed E-state index contributed by atoms with van der Waals surface area (Å²) < 4.78 is 22.8. The number of ether oxygens (including phenoxy) is 4. The summed E-state index contributed by atoms with van der Waals surface area (Å²) in [6, 6.07) is 0. The van der Waals surface area contributed by atoms with E-state index < -0.39 is 24.3 Å². The molecule has 2 atom stereocenters. The summed E-state index contributed by atoms with van der Waals surface area (Å²) in [7, 11) is 5.94. The lowest BCUT2D eigenvalue weighted by Gasteiger charge is -2.26. The molecule has 0 radical (unpaired) electrons. The molecular weight excluding hydrogens is 1150 g/mol. The van der Waals surface area contributed by atoms with Gasteiger partial charge >= 0.3 is 11.9 Å². The molecule has 0 fully saturated rings. The molecule has 2 unspecified atom stereocenters. The van der Waals surface area contributed by atoms with E-state index in [1.807, 2.05) is 21.1 Å². The third-order valence-electron chi connectivity index (χ3n) is 18.0. The van der Waals surface area contributed by atoms with Crippen LogP contribution < -0.4 is 5.11 Å². The molecule has 9 nitrogen and oxygen atoms in total. The second-order valence-electron chi connectivity index (χ2n) is 28.3. The highest BCUT2D eigenvalue weighted by molar-refractivity contribution is 5.70. The van der Waals surface area contributed by atoms with Crippen LogP contribution in [0.3, 0.4) is 0 Å². The first-order valence-electron chi connectivity index (χ1n) is 40.1. The fourth-order valence-corrected chi connectivity index (χ4v) is 11.9. The quantitative estimate of drug-likeness (QED) is 0.0195. The minimum atomic E-state index is -1.63. The van der Waals surface area contributed by atoms with Crippen LogP contribution in [0.25, 0.3) is 0 Å². The van der Waals surface area contributed by atoms with Gasteiger partial charge in [0.2, 0.25) is 0 Å². The minimum Gasteiger partial charge on any atom is -0.545 e. The fourth-order valence-electron chi connectivity index (χ4n) is 11.9. The Hall–Kier alpha value is -3.27. The van der Waals surface area contributed by atoms with Gasteiger partial charge in [-0.1, -0.05) is 382 Å². The second-order valence-corrected chi connectivity index (χ2v) is 28.3. The largest absolute Gasteiger partial charge is 0.545 e. The number of carboxylic acids is 1. The van der Waals surface area contributed by atoms with Crippen LogP contribution in [-0.4, -0.2) is 82.3 Å². The van der Waals surface area contributed by atoms with Gasteiger partial charge in [0.15, 0.2) is 12.4 Å². The molecule has 0 aromatic heterocycles. The summed E-state index contributed by atoms with van der Waals surface area (Å²) in [6.45, 7) is 4.68. The third-order valence-corrected chi connectivity index (χ3v) is 18.0. The van der Waals surface area contributed by atoms with Crippen molar-refractivity contribution in [3.05, 3.63) is 72.9 Å². The Morgan fingerprint density at radius 3 is 0.914 bits per heavy atom. The van der Waals surface area contributed by atoms with Gasteiger partial charge in [0.25, 0.3) is 0 Å². The number of carbonyl (C=O) groups excluding carboxylic acids is 3. The molecule has 0 saturated heterocycles. The van der Waals surface area contributed by atoms with E-state index in [1.165, 1.54) is 270 Å². The zero-order valence-electron chi connectivity index (χ0n) is 62.1. The Bertz CT molecular complexity index is 1760. The van der Waals surface area contributed by atoms with Crippen molar-refractivity contribution in [2.45, 2.75) is 399 Å². The van der Waals surface area contributed by atoms with Gasteiger partial charge in [-0.15, -0.1) is 0 Å². The van der Waals surface area contributed by atoms with Crippen molar-refractivity contribution in [1.82, 2.24) is 0 Å². The van der Waals surface area contributed by atoms with Gasteiger partial charge in [-0.05, 0) is 64.2 Å². The van der Waals surface area contributed by atoms with E-state index in [1.54, 1.807) is 0 Å². The number of likely N-dealkylation sites (N-methyl/N-ethyl adjacent to an activating group) is 1. The van der Waals surface area contributed by atoms with Crippen LogP contribution in [0.5, 0.6) is 0 Å². The SMILES string of the molecule is CC/C=C\C/C=C\C/C=C\C/C=C\C/C=C\C/C=C\CCCCCCCCCCC(=O)OC(COC(=O)CCCCCCCCCCCCCCCCCCCCCCCCCCCCCCCCCCCCCCCCCCC)COC(OCC[N+](C)(C)C)C(=O)[O-]. The molecule has 0 aromatic rings. The van der Waals surface area contributed by atoms with Crippen molar-refractivity contribution in [3.63, 3.8) is 0 Å². The number of hydrogen-bond acceptors (Lipinski definition) is 8. The van der Waals surface area contributed by atoms with Crippen LogP contribution in [0.4, 0.5) is 0 Å². The van der Waals surface area contributed by atoms with Crippen LogP contribution in [0.2, 0.25) is 0 Å². The van der Waals surface area contributed by atoms with Crippen molar-refractivity contribution in [3.8, 4) is 0 Å². The van der Waals surface area contributed by atoms with Crippen molar-refractivity contribution >= 4 is 17.9 Å². The molecule has 93 heavy (non-hydrogen) atoms. The average molecular weight is 1310 g/mol. The normalized spacial score (nSPS) is 13.0. The van der Waals surface area contributed by atoms with Crippen LogP contribution in [0.1, 0.15) is 386 Å². The van der Waals surface area contributed by atoms with Gasteiger partial charge in [0.05, 0.1) is 40.3 Å². The Labute approximate surface area is 577 Å². The summed E-state index contributed by atoms with van der Waals surface area (Å²) in [5.41, 5.74) is 0. The molecule has 0 N–H and O–H groups in total. The molecule has 0 spiro atoms. The Kier molecular flexibility index (Phi) is 71.9. The van der Waals surface area contributed by atoms with Gasteiger partial charge in [-0.3, -0.25) is 9.59 Å². The highest BCUT2D eigenvalue weighted by atomic mass is 16.7. The molecular formula is C84H153NO8. The van der Waals surface area contributed by atoms with E-state index in [0.29, 0.717) is 23.9 Å². The summed E-state index contributed by atoms with van der Waals surface area (Å²) in [5.74, 6) is -2.28. The molecule has 542 valence electrons. The molecule has 0 aliphatic heterocycles. The summed E-state index contributed by atoms with van der Waals surface area (Å²) in [5, 5.41) is 11.8. The molecule has 0 rings (SSSR count). The van der Waals surface area contributed by atoms with E-state index in [0.717, 1.165) is 83.5 Å². The fraction of sp³-hybridized carbons (Fsp3) is 0.821. The Balaban J connectivity index is 3.96. The van der Waals surface area contributed by atoms with Gasteiger partial charge < -0.3 is 33.3 Å². The van der Waals surface area contributed by atoms with Gasteiger partial charge in [-0.25, -0.2) is 0 Å². The summed E-state index contributed by atoms with van der Waals surface area (Å²) in [6.07, 6.45) is 97.6. The molecule has 0 aliphatic rings. The maximum absolute atomic E-state index is 12.9. The number of nitrogens with zero attached hydrogens (tertiary/aromatic N) is 1. The number of carbonyl (C=O) groups is 3. The summed E-state index contributed by atoms with van der Waals surface area (Å²) in [4.78, 5) is 37.6. The molecule has 0 amide bonds. The van der Waals surface area contributed by atoms with Crippen LogP contribution in [0, 0.1) is 0 Å². The maximum atomic E-state index is 12.9. The minimum absolute atomic E-state index is 0.145. The van der Waals surface area contributed by atoms with E-state index in [2.05, 4.69) is 86.8 Å².